The van der Waals surface area contributed by atoms with Crippen molar-refractivity contribution in [3.63, 3.8) is 0 Å². The third-order valence-electron chi connectivity index (χ3n) is 3.31. The molecule has 4 heteroatoms. The Morgan fingerprint density at radius 3 is 2.82 bits per heavy atom. The van der Waals surface area contributed by atoms with E-state index >= 15 is 0 Å². The number of carbonyl (C=O) groups is 1. The van der Waals surface area contributed by atoms with Crippen molar-refractivity contribution in [2.45, 2.75) is 51.6 Å². The predicted octanol–water partition coefficient (Wildman–Crippen LogP) is 2.87. The normalized spacial score (nSPS) is 23.9. The first-order chi connectivity index (χ1) is 8.29. The third-order valence-corrected chi connectivity index (χ3v) is 3.87. The maximum atomic E-state index is 11.9. The van der Waals surface area contributed by atoms with E-state index in [1.807, 2.05) is 0 Å². The van der Waals surface area contributed by atoms with Crippen molar-refractivity contribution in [3.8, 4) is 0 Å². The topological polar surface area (TPSA) is 38.3 Å². The van der Waals surface area contributed by atoms with Gasteiger partial charge in [0.1, 0.15) is 0 Å². The molecule has 3 nitrogen and oxygen atoms in total. The molecular weight excluding hydrogens is 282 g/mol. The Morgan fingerprint density at radius 2 is 2.12 bits per heavy atom. The van der Waals surface area contributed by atoms with Crippen molar-refractivity contribution >= 4 is 21.8 Å². The molecule has 1 amide bonds. The number of nitrogens with one attached hydrogen (secondary N) is 1. The summed E-state index contributed by atoms with van der Waals surface area (Å²) in [5.41, 5.74) is 0. The second kappa shape index (κ2) is 8.92. The maximum absolute atomic E-state index is 11.9. The zero-order valence-corrected chi connectivity index (χ0v) is 12.3. The van der Waals surface area contributed by atoms with Gasteiger partial charge in [-0.05, 0) is 25.7 Å². The largest absolute Gasteiger partial charge is 0.377 e. The van der Waals surface area contributed by atoms with Crippen molar-refractivity contribution in [1.82, 2.24) is 5.32 Å². The minimum absolute atomic E-state index is 0.0857. The van der Waals surface area contributed by atoms with Gasteiger partial charge in [-0.15, -0.1) is 0 Å². The van der Waals surface area contributed by atoms with Crippen LogP contribution in [0.5, 0.6) is 0 Å². The molecular formula is C13H24BrNO2. The molecule has 1 saturated heterocycles. The van der Waals surface area contributed by atoms with Crippen LogP contribution >= 0.6 is 15.9 Å². The van der Waals surface area contributed by atoms with Gasteiger partial charge in [-0.1, -0.05) is 35.7 Å². The zero-order valence-electron chi connectivity index (χ0n) is 10.7. The standard InChI is InChI=1S/C13H24BrNO2/c1-2-12-11(7-10-17-12)13(16)15-9-6-4-3-5-8-14/h11-12H,2-10H2,1H3,(H,15,16). The summed E-state index contributed by atoms with van der Waals surface area (Å²) in [7, 11) is 0. The molecule has 0 spiro atoms. The molecule has 1 aliphatic rings. The van der Waals surface area contributed by atoms with Gasteiger partial charge in [-0.25, -0.2) is 0 Å². The monoisotopic (exact) mass is 305 g/mol. The van der Waals surface area contributed by atoms with Gasteiger partial charge in [0.15, 0.2) is 0 Å². The highest BCUT2D eigenvalue weighted by Crippen LogP contribution is 2.23. The van der Waals surface area contributed by atoms with Crippen LogP contribution in [0.15, 0.2) is 0 Å². The van der Waals surface area contributed by atoms with Crippen molar-refractivity contribution in [2.24, 2.45) is 5.92 Å². The van der Waals surface area contributed by atoms with Crippen LogP contribution in [0.2, 0.25) is 0 Å². The van der Waals surface area contributed by atoms with E-state index < -0.39 is 0 Å². The molecule has 0 aliphatic carbocycles. The molecule has 0 saturated carbocycles. The molecule has 2 unspecified atom stereocenters. The summed E-state index contributed by atoms with van der Waals surface area (Å²) in [4.78, 5) is 11.9. The van der Waals surface area contributed by atoms with Gasteiger partial charge in [-0.3, -0.25) is 4.79 Å². The van der Waals surface area contributed by atoms with E-state index in [1.165, 1.54) is 19.3 Å². The van der Waals surface area contributed by atoms with E-state index in [2.05, 4.69) is 28.2 Å². The Hall–Kier alpha value is -0.0900. The molecule has 1 heterocycles. The number of alkyl halides is 1. The lowest BCUT2D eigenvalue weighted by Crippen LogP contribution is -2.35. The Kier molecular flexibility index (Phi) is 7.86. The summed E-state index contributed by atoms with van der Waals surface area (Å²) in [6.45, 7) is 3.63. The zero-order chi connectivity index (χ0) is 12.5. The van der Waals surface area contributed by atoms with Gasteiger partial charge in [0.05, 0.1) is 12.0 Å². The fourth-order valence-corrected chi connectivity index (χ4v) is 2.66. The highest BCUT2D eigenvalue weighted by Gasteiger charge is 2.32. The highest BCUT2D eigenvalue weighted by molar-refractivity contribution is 9.09. The van der Waals surface area contributed by atoms with Crippen LogP contribution in [0, 0.1) is 5.92 Å². The molecule has 17 heavy (non-hydrogen) atoms. The molecule has 0 aromatic heterocycles. The lowest BCUT2D eigenvalue weighted by molar-refractivity contribution is -0.126. The second-order valence-electron chi connectivity index (χ2n) is 4.61. The van der Waals surface area contributed by atoms with E-state index in [-0.39, 0.29) is 17.9 Å². The molecule has 0 radical (unpaired) electrons. The summed E-state index contributed by atoms with van der Waals surface area (Å²) >= 11 is 3.42. The molecule has 100 valence electrons. The molecule has 1 fully saturated rings. The number of carbonyl (C=O) groups excluding carboxylic acids is 1. The Balaban J connectivity index is 2.08. The molecule has 0 bridgehead atoms. The van der Waals surface area contributed by atoms with E-state index in [0.29, 0.717) is 0 Å². The number of ether oxygens (including phenoxy) is 1. The molecule has 1 N–H and O–H groups in total. The molecule has 1 rings (SSSR count). The Morgan fingerprint density at radius 1 is 1.35 bits per heavy atom. The Bertz CT molecular complexity index is 223. The van der Waals surface area contributed by atoms with Crippen molar-refractivity contribution in [2.75, 3.05) is 18.5 Å². The molecule has 0 aromatic carbocycles. The Labute approximate surface area is 113 Å². The summed E-state index contributed by atoms with van der Waals surface area (Å²) in [6, 6.07) is 0. The van der Waals surface area contributed by atoms with E-state index in [4.69, 9.17) is 4.74 Å². The predicted molar refractivity (Wildman–Crippen MR) is 73.4 cm³/mol. The van der Waals surface area contributed by atoms with Gasteiger partial charge in [0, 0.05) is 18.5 Å². The molecule has 1 aliphatic heterocycles. The lowest BCUT2D eigenvalue weighted by Gasteiger charge is -2.16. The summed E-state index contributed by atoms with van der Waals surface area (Å²) in [5.74, 6) is 0.275. The number of amides is 1. The van der Waals surface area contributed by atoms with Crippen LogP contribution in [0.25, 0.3) is 0 Å². The average molecular weight is 306 g/mol. The van der Waals surface area contributed by atoms with E-state index in [1.54, 1.807) is 0 Å². The van der Waals surface area contributed by atoms with Gasteiger partial charge >= 0.3 is 0 Å². The smallest absolute Gasteiger partial charge is 0.225 e. The van der Waals surface area contributed by atoms with Crippen molar-refractivity contribution in [3.05, 3.63) is 0 Å². The van der Waals surface area contributed by atoms with E-state index in [0.717, 1.165) is 37.7 Å². The number of rotatable bonds is 8. The quantitative estimate of drug-likeness (QED) is 0.553. The van der Waals surface area contributed by atoms with Crippen LogP contribution in [0.3, 0.4) is 0 Å². The van der Waals surface area contributed by atoms with Gasteiger partial charge in [-0.2, -0.15) is 0 Å². The summed E-state index contributed by atoms with van der Waals surface area (Å²) < 4.78 is 5.53. The first kappa shape index (κ1) is 15.0. The number of hydrogen-bond acceptors (Lipinski definition) is 2. The minimum atomic E-state index is 0.0857. The highest BCUT2D eigenvalue weighted by atomic mass is 79.9. The second-order valence-corrected chi connectivity index (χ2v) is 5.40. The van der Waals surface area contributed by atoms with Gasteiger partial charge < -0.3 is 10.1 Å². The minimum Gasteiger partial charge on any atom is -0.377 e. The van der Waals surface area contributed by atoms with Gasteiger partial charge in [0.25, 0.3) is 0 Å². The summed E-state index contributed by atoms with van der Waals surface area (Å²) in [6.07, 6.45) is 6.71. The van der Waals surface area contributed by atoms with Crippen molar-refractivity contribution < 1.29 is 9.53 Å². The van der Waals surface area contributed by atoms with Crippen molar-refractivity contribution in [1.29, 1.82) is 0 Å². The number of hydrogen-bond donors (Lipinski definition) is 1. The van der Waals surface area contributed by atoms with Crippen LogP contribution in [0.4, 0.5) is 0 Å². The van der Waals surface area contributed by atoms with Crippen LogP contribution in [0.1, 0.15) is 45.4 Å². The number of unbranched alkanes of at least 4 members (excludes halogenated alkanes) is 3. The maximum Gasteiger partial charge on any atom is 0.225 e. The van der Waals surface area contributed by atoms with Gasteiger partial charge in [0.2, 0.25) is 5.91 Å². The van der Waals surface area contributed by atoms with Crippen LogP contribution < -0.4 is 5.32 Å². The van der Waals surface area contributed by atoms with Crippen LogP contribution in [-0.2, 0) is 9.53 Å². The SMILES string of the molecule is CCC1OCCC1C(=O)NCCCCCCBr. The molecule has 2 atom stereocenters. The third kappa shape index (κ3) is 5.38. The fraction of sp³-hybridized carbons (Fsp3) is 0.923. The fourth-order valence-electron chi connectivity index (χ4n) is 2.27. The molecule has 0 aromatic rings. The van der Waals surface area contributed by atoms with Crippen LogP contribution in [-0.4, -0.2) is 30.5 Å². The summed E-state index contributed by atoms with van der Waals surface area (Å²) in [5, 5.41) is 4.12. The van der Waals surface area contributed by atoms with E-state index in [9.17, 15) is 4.79 Å². The first-order valence-electron chi connectivity index (χ1n) is 6.74. The number of halogens is 1. The average Bonchev–Trinajstić information content (AvgIpc) is 2.81. The first-order valence-corrected chi connectivity index (χ1v) is 7.87. The lowest BCUT2D eigenvalue weighted by atomic mass is 9.98.